The lowest BCUT2D eigenvalue weighted by molar-refractivity contribution is 0.272. The summed E-state index contributed by atoms with van der Waals surface area (Å²) in [4.78, 5) is 0. The van der Waals surface area contributed by atoms with Gasteiger partial charge in [-0.2, -0.15) is 4.31 Å². The van der Waals surface area contributed by atoms with E-state index in [9.17, 15) is 8.42 Å². The first-order valence-corrected chi connectivity index (χ1v) is 8.27. The maximum absolute atomic E-state index is 12.1. The average molecular weight is 262 g/mol. The van der Waals surface area contributed by atoms with E-state index in [-0.39, 0.29) is 0 Å². The summed E-state index contributed by atoms with van der Waals surface area (Å²) in [6.07, 6.45) is 2.74. The maximum Gasteiger partial charge on any atom is 0.214 e. The van der Waals surface area contributed by atoms with Crippen LogP contribution in [0.15, 0.2) is 0 Å². The van der Waals surface area contributed by atoms with E-state index in [2.05, 4.69) is 19.2 Å². The number of unbranched alkanes of at least 4 members (excludes halogenated alkanes) is 1. The van der Waals surface area contributed by atoms with E-state index in [0.29, 0.717) is 30.8 Å². The van der Waals surface area contributed by atoms with Crippen LogP contribution in [0.5, 0.6) is 0 Å². The Bertz CT molecular complexity index is 314. The summed E-state index contributed by atoms with van der Waals surface area (Å²) in [5, 5.41) is 3.40. The molecular formula is C12H26N2O2S. The standard InChI is InChI=1S/C12H26N2O2S/c1-4-5-8-17(15,16)14-7-6-13-12(10-14)9-11(2)3/h11-13H,4-10H2,1-3H3. The molecule has 17 heavy (non-hydrogen) atoms. The lowest BCUT2D eigenvalue weighted by Crippen LogP contribution is -2.53. The second kappa shape index (κ2) is 6.71. The molecular weight excluding hydrogens is 236 g/mol. The third-order valence-electron chi connectivity index (χ3n) is 3.12. The molecule has 1 saturated heterocycles. The molecule has 1 heterocycles. The minimum absolute atomic E-state index is 0.303. The van der Waals surface area contributed by atoms with Crippen molar-refractivity contribution in [2.45, 2.75) is 46.1 Å². The molecule has 0 aliphatic carbocycles. The molecule has 0 bridgehead atoms. The van der Waals surface area contributed by atoms with Crippen LogP contribution in [0, 0.1) is 5.92 Å². The van der Waals surface area contributed by atoms with Crippen LogP contribution >= 0.6 is 0 Å². The highest BCUT2D eigenvalue weighted by molar-refractivity contribution is 7.89. The molecule has 1 aliphatic heterocycles. The van der Waals surface area contributed by atoms with Crippen LogP contribution in [-0.2, 0) is 10.0 Å². The Hall–Kier alpha value is -0.130. The molecule has 5 heteroatoms. The Kier molecular flexibility index (Phi) is 5.89. The average Bonchev–Trinajstić information content (AvgIpc) is 2.26. The molecule has 1 rings (SSSR count). The van der Waals surface area contributed by atoms with Crippen LogP contribution in [-0.4, -0.2) is 44.2 Å². The predicted octanol–water partition coefficient (Wildman–Crippen LogP) is 1.44. The van der Waals surface area contributed by atoms with Crippen molar-refractivity contribution < 1.29 is 8.42 Å². The first-order chi connectivity index (χ1) is 7.95. The highest BCUT2D eigenvalue weighted by Gasteiger charge is 2.28. The van der Waals surface area contributed by atoms with Gasteiger partial charge in [0, 0.05) is 25.7 Å². The van der Waals surface area contributed by atoms with Gasteiger partial charge in [-0.05, 0) is 18.8 Å². The van der Waals surface area contributed by atoms with Gasteiger partial charge < -0.3 is 5.32 Å². The summed E-state index contributed by atoms with van der Waals surface area (Å²) in [5.41, 5.74) is 0. The van der Waals surface area contributed by atoms with Crippen molar-refractivity contribution in [3.8, 4) is 0 Å². The fourth-order valence-electron chi connectivity index (χ4n) is 2.23. The first kappa shape index (κ1) is 14.9. The summed E-state index contributed by atoms with van der Waals surface area (Å²) < 4.78 is 25.8. The minimum Gasteiger partial charge on any atom is -0.311 e. The molecule has 0 radical (unpaired) electrons. The van der Waals surface area contributed by atoms with E-state index >= 15 is 0 Å². The lowest BCUT2D eigenvalue weighted by Gasteiger charge is -2.33. The van der Waals surface area contributed by atoms with Gasteiger partial charge in [-0.15, -0.1) is 0 Å². The van der Waals surface area contributed by atoms with Crippen molar-refractivity contribution in [2.75, 3.05) is 25.4 Å². The highest BCUT2D eigenvalue weighted by atomic mass is 32.2. The Morgan fingerprint density at radius 3 is 2.71 bits per heavy atom. The third kappa shape index (κ3) is 4.94. The van der Waals surface area contributed by atoms with E-state index in [1.54, 1.807) is 4.31 Å². The number of nitrogens with zero attached hydrogens (tertiary/aromatic N) is 1. The zero-order chi connectivity index (χ0) is 12.9. The summed E-state index contributed by atoms with van der Waals surface area (Å²) in [6, 6.07) is 0.320. The number of piperazine rings is 1. The molecule has 1 N–H and O–H groups in total. The fourth-order valence-corrected chi connectivity index (χ4v) is 3.92. The minimum atomic E-state index is -3.02. The van der Waals surface area contributed by atoms with Gasteiger partial charge in [-0.25, -0.2) is 8.42 Å². The summed E-state index contributed by atoms with van der Waals surface area (Å²) in [5.74, 6) is 0.906. The van der Waals surface area contributed by atoms with Crippen molar-refractivity contribution in [3.63, 3.8) is 0 Å². The van der Waals surface area contributed by atoms with Gasteiger partial charge in [-0.1, -0.05) is 27.2 Å². The number of hydrogen-bond acceptors (Lipinski definition) is 3. The normalized spacial score (nSPS) is 23.2. The summed E-state index contributed by atoms with van der Waals surface area (Å²) in [6.45, 7) is 8.42. The van der Waals surface area contributed by atoms with Crippen LogP contribution in [0.25, 0.3) is 0 Å². The van der Waals surface area contributed by atoms with Crippen LogP contribution in [0.1, 0.15) is 40.0 Å². The largest absolute Gasteiger partial charge is 0.311 e. The van der Waals surface area contributed by atoms with Gasteiger partial charge in [0.25, 0.3) is 0 Å². The number of sulfonamides is 1. The third-order valence-corrected chi connectivity index (χ3v) is 5.05. The Morgan fingerprint density at radius 1 is 1.41 bits per heavy atom. The Morgan fingerprint density at radius 2 is 2.12 bits per heavy atom. The van der Waals surface area contributed by atoms with Crippen molar-refractivity contribution in [3.05, 3.63) is 0 Å². The molecule has 102 valence electrons. The van der Waals surface area contributed by atoms with Crippen LogP contribution < -0.4 is 5.32 Å². The number of rotatable bonds is 6. The zero-order valence-corrected chi connectivity index (χ0v) is 12.1. The van der Waals surface area contributed by atoms with E-state index in [4.69, 9.17) is 0 Å². The maximum atomic E-state index is 12.1. The van der Waals surface area contributed by atoms with Crippen molar-refractivity contribution in [1.29, 1.82) is 0 Å². The number of nitrogens with one attached hydrogen (secondary N) is 1. The molecule has 1 atom stereocenters. The van der Waals surface area contributed by atoms with E-state index in [1.165, 1.54) is 0 Å². The summed E-state index contributed by atoms with van der Waals surface area (Å²) in [7, 11) is -3.02. The van der Waals surface area contributed by atoms with E-state index < -0.39 is 10.0 Å². The van der Waals surface area contributed by atoms with Gasteiger partial charge in [0.05, 0.1) is 5.75 Å². The van der Waals surface area contributed by atoms with E-state index in [0.717, 1.165) is 25.8 Å². The SMILES string of the molecule is CCCCS(=O)(=O)N1CCNC(CC(C)C)C1. The van der Waals surface area contributed by atoms with Gasteiger partial charge in [0.2, 0.25) is 10.0 Å². The first-order valence-electron chi connectivity index (χ1n) is 6.67. The van der Waals surface area contributed by atoms with Gasteiger partial charge in [0.1, 0.15) is 0 Å². The zero-order valence-electron chi connectivity index (χ0n) is 11.3. The van der Waals surface area contributed by atoms with Crippen LogP contribution in [0.4, 0.5) is 0 Å². The molecule has 0 saturated carbocycles. The van der Waals surface area contributed by atoms with Gasteiger partial charge in [-0.3, -0.25) is 0 Å². The molecule has 0 aromatic heterocycles. The molecule has 1 unspecified atom stereocenters. The van der Waals surface area contributed by atoms with Crippen molar-refractivity contribution in [1.82, 2.24) is 9.62 Å². The monoisotopic (exact) mass is 262 g/mol. The van der Waals surface area contributed by atoms with Crippen molar-refractivity contribution >= 4 is 10.0 Å². The predicted molar refractivity (Wildman–Crippen MR) is 71.5 cm³/mol. The fraction of sp³-hybridized carbons (Fsp3) is 1.00. The van der Waals surface area contributed by atoms with E-state index in [1.807, 2.05) is 6.92 Å². The van der Waals surface area contributed by atoms with Crippen LogP contribution in [0.2, 0.25) is 0 Å². The van der Waals surface area contributed by atoms with Crippen molar-refractivity contribution in [2.24, 2.45) is 5.92 Å². The van der Waals surface area contributed by atoms with Gasteiger partial charge in [0.15, 0.2) is 0 Å². The molecule has 0 amide bonds. The van der Waals surface area contributed by atoms with Gasteiger partial charge >= 0.3 is 0 Å². The smallest absolute Gasteiger partial charge is 0.214 e. The molecule has 0 aromatic rings. The molecule has 0 aromatic carbocycles. The summed E-state index contributed by atoms with van der Waals surface area (Å²) >= 11 is 0. The molecule has 1 fully saturated rings. The molecule has 4 nitrogen and oxygen atoms in total. The lowest BCUT2D eigenvalue weighted by atomic mass is 10.0. The quantitative estimate of drug-likeness (QED) is 0.788. The second-order valence-corrected chi connectivity index (χ2v) is 7.40. The highest BCUT2D eigenvalue weighted by Crippen LogP contribution is 2.13. The number of hydrogen-bond donors (Lipinski definition) is 1. The topological polar surface area (TPSA) is 49.4 Å². The second-order valence-electron chi connectivity index (χ2n) is 5.31. The molecule has 1 aliphatic rings. The Balaban J connectivity index is 2.53. The Labute approximate surface area is 106 Å². The van der Waals surface area contributed by atoms with Crippen LogP contribution in [0.3, 0.4) is 0 Å². The molecule has 0 spiro atoms.